The van der Waals surface area contributed by atoms with Gasteiger partial charge in [-0.25, -0.2) is 0 Å². The molecular formula is C14H19ClN2. The Morgan fingerprint density at radius 3 is 2.71 bits per heavy atom. The fourth-order valence-corrected chi connectivity index (χ4v) is 3.66. The first-order valence-corrected chi connectivity index (χ1v) is 6.97. The summed E-state index contributed by atoms with van der Waals surface area (Å²) in [5.41, 5.74) is 1.75. The van der Waals surface area contributed by atoms with Crippen molar-refractivity contribution in [2.24, 2.45) is 11.3 Å². The molecule has 1 saturated heterocycles. The minimum Gasteiger partial charge on any atom is -0.315 e. The van der Waals surface area contributed by atoms with Crippen LogP contribution in [0.2, 0.25) is 5.02 Å². The number of pyridine rings is 1. The van der Waals surface area contributed by atoms with E-state index in [1.54, 1.807) is 6.20 Å². The SMILES string of the molecule is Clc1cnccc1CC1(C2CCCC2)CNC1. The van der Waals surface area contributed by atoms with Crippen LogP contribution in [0.1, 0.15) is 31.2 Å². The minimum absolute atomic E-state index is 0.474. The molecule has 1 aliphatic heterocycles. The molecule has 1 saturated carbocycles. The average molecular weight is 251 g/mol. The third-order valence-corrected chi connectivity index (χ3v) is 4.91. The van der Waals surface area contributed by atoms with Crippen LogP contribution in [-0.4, -0.2) is 18.1 Å². The summed E-state index contributed by atoms with van der Waals surface area (Å²) in [6.45, 7) is 2.33. The second-order valence-corrected chi connectivity index (χ2v) is 6.00. The lowest BCUT2D eigenvalue weighted by atomic mass is 9.66. The molecule has 1 N–H and O–H groups in total. The highest BCUT2D eigenvalue weighted by Crippen LogP contribution is 2.45. The molecule has 17 heavy (non-hydrogen) atoms. The number of halogens is 1. The number of rotatable bonds is 3. The zero-order valence-electron chi connectivity index (χ0n) is 10.1. The number of hydrogen-bond donors (Lipinski definition) is 1. The topological polar surface area (TPSA) is 24.9 Å². The van der Waals surface area contributed by atoms with Crippen LogP contribution < -0.4 is 5.32 Å². The smallest absolute Gasteiger partial charge is 0.0621 e. The van der Waals surface area contributed by atoms with Crippen LogP contribution in [0.5, 0.6) is 0 Å². The molecule has 92 valence electrons. The number of hydrogen-bond acceptors (Lipinski definition) is 2. The zero-order chi connectivity index (χ0) is 11.7. The van der Waals surface area contributed by atoms with E-state index in [-0.39, 0.29) is 0 Å². The molecule has 3 heteroatoms. The van der Waals surface area contributed by atoms with E-state index in [9.17, 15) is 0 Å². The first kappa shape index (κ1) is 11.5. The van der Waals surface area contributed by atoms with Crippen molar-refractivity contribution < 1.29 is 0 Å². The van der Waals surface area contributed by atoms with E-state index >= 15 is 0 Å². The first-order valence-electron chi connectivity index (χ1n) is 6.59. The number of nitrogens with one attached hydrogen (secondary N) is 1. The minimum atomic E-state index is 0.474. The molecule has 0 amide bonds. The van der Waals surface area contributed by atoms with Crippen molar-refractivity contribution >= 4 is 11.6 Å². The predicted molar refractivity (Wildman–Crippen MR) is 70.2 cm³/mol. The second-order valence-electron chi connectivity index (χ2n) is 5.59. The average Bonchev–Trinajstić information content (AvgIpc) is 2.79. The van der Waals surface area contributed by atoms with Crippen molar-refractivity contribution in [1.29, 1.82) is 0 Å². The maximum atomic E-state index is 6.24. The van der Waals surface area contributed by atoms with Crippen molar-refractivity contribution in [3.05, 3.63) is 29.0 Å². The summed E-state index contributed by atoms with van der Waals surface area (Å²) in [6.07, 6.45) is 10.4. The summed E-state index contributed by atoms with van der Waals surface area (Å²) in [5.74, 6) is 0.896. The van der Waals surface area contributed by atoms with Crippen LogP contribution in [0.3, 0.4) is 0 Å². The van der Waals surface area contributed by atoms with Crippen LogP contribution in [0.15, 0.2) is 18.5 Å². The fraction of sp³-hybridized carbons (Fsp3) is 0.643. The molecule has 1 aromatic heterocycles. The summed E-state index contributed by atoms with van der Waals surface area (Å²) in [5, 5.41) is 4.29. The highest BCUT2D eigenvalue weighted by Gasteiger charge is 2.44. The number of nitrogens with zero attached hydrogens (tertiary/aromatic N) is 1. The van der Waals surface area contributed by atoms with Gasteiger partial charge in [0.25, 0.3) is 0 Å². The van der Waals surface area contributed by atoms with E-state index in [1.807, 2.05) is 6.20 Å². The highest BCUT2D eigenvalue weighted by atomic mass is 35.5. The van der Waals surface area contributed by atoms with Gasteiger partial charge < -0.3 is 5.32 Å². The van der Waals surface area contributed by atoms with E-state index in [2.05, 4.69) is 16.4 Å². The van der Waals surface area contributed by atoms with Gasteiger partial charge in [-0.05, 0) is 36.8 Å². The lowest BCUT2D eigenvalue weighted by molar-refractivity contribution is 0.0812. The van der Waals surface area contributed by atoms with Gasteiger partial charge in [-0.15, -0.1) is 0 Å². The van der Waals surface area contributed by atoms with Gasteiger partial charge in [-0.2, -0.15) is 0 Å². The van der Waals surface area contributed by atoms with Gasteiger partial charge in [0.15, 0.2) is 0 Å². The molecule has 2 fully saturated rings. The molecule has 2 aliphatic rings. The molecule has 0 atom stereocenters. The molecule has 0 spiro atoms. The molecule has 1 aliphatic carbocycles. The van der Waals surface area contributed by atoms with Gasteiger partial charge in [0.1, 0.15) is 0 Å². The van der Waals surface area contributed by atoms with E-state index in [0.717, 1.165) is 30.5 Å². The van der Waals surface area contributed by atoms with Gasteiger partial charge in [-0.3, -0.25) is 4.98 Å². The normalized spacial score (nSPS) is 23.6. The summed E-state index contributed by atoms with van der Waals surface area (Å²) < 4.78 is 0. The number of aromatic nitrogens is 1. The zero-order valence-corrected chi connectivity index (χ0v) is 10.8. The maximum absolute atomic E-state index is 6.24. The summed E-state index contributed by atoms with van der Waals surface area (Å²) in [6, 6.07) is 2.08. The molecule has 2 heterocycles. The van der Waals surface area contributed by atoms with Crippen LogP contribution in [0.4, 0.5) is 0 Å². The molecule has 2 nitrogen and oxygen atoms in total. The Hall–Kier alpha value is -0.600. The summed E-state index contributed by atoms with van der Waals surface area (Å²) in [7, 11) is 0. The Balaban J connectivity index is 1.80. The summed E-state index contributed by atoms with van der Waals surface area (Å²) >= 11 is 6.24. The Kier molecular flexibility index (Phi) is 3.10. The van der Waals surface area contributed by atoms with Gasteiger partial charge in [0.05, 0.1) is 5.02 Å². The van der Waals surface area contributed by atoms with Crippen molar-refractivity contribution in [3.63, 3.8) is 0 Å². The standard InChI is InChI=1S/C14H19ClN2/c15-13-8-16-6-5-11(13)7-14(9-17-10-14)12-3-1-2-4-12/h5-6,8,12,17H,1-4,7,9-10H2. The molecule has 0 unspecified atom stereocenters. The fourth-order valence-electron chi connectivity index (χ4n) is 3.47. The van der Waals surface area contributed by atoms with Gasteiger partial charge in [0, 0.05) is 30.9 Å². The Bertz CT molecular complexity index is 395. The molecule has 1 aromatic rings. The molecular weight excluding hydrogens is 232 g/mol. The van der Waals surface area contributed by atoms with Gasteiger partial charge in [-0.1, -0.05) is 24.4 Å². The Labute approximate surface area is 108 Å². The van der Waals surface area contributed by atoms with Crippen LogP contribution in [-0.2, 0) is 6.42 Å². The van der Waals surface area contributed by atoms with Gasteiger partial charge in [0.2, 0.25) is 0 Å². The Morgan fingerprint density at radius 1 is 1.35 bits per heavy atom. The van der Waals surface area contributed by atoms with E-state index in [0.29, 0.717) is 5.41 Å². The summed E-state index contributed by atoms with van der Waals surface area (Å²) in [4.78, 5) is 4.07. The van der Waals surface area contributed by atoms with Crippen LogP contribution >= 0.6 is 11.6 Å². The lowest BCUT2D eigenvalue weighted by Gasteiger charge is -2.48. The van der Waals surface area contributed by atoms with Crippen LogP contribution in [0.25, 0.3) is 0 Å². The quantitative estimate of drug-likeness (QED) is 0.892. The third kappa shape index (κ3) is 2.09. The maximum Gasteiger partial charge on any atom is 0.0621 e. The predicted octanol–water partition coefficient (Wildman–Crippen LogP) is 3.06. The van der Waals surface area contributed by atoms with Gasteiger partial charge >= 0.3 is 0 Å². The first-order chi connectivity index (χ1) is 8.30. The third-order valence-electron chi connectivity index (χ3n) is 4.57. The van der Waals surface area contributed by atoms with Crippen LogP contribution in [0, 0.1) is 11.3 Å². The molecule has 0 aromatic carbocycles. The van der Waals surface area contributed by atoms with Crippen molar-refractivity contribution in [1.82, 2.24) is 10.3 Å². The molecule has 3 rings (SSSR count). The monoisotopic (exact) mass is 250 g/mol. The molecule has 0 bridgehead atoms. The molecule has 0 radical (unpaired) electrons. The Morgan fingerprint density at radius 2 is 2.12 bits per heavy atom. The lowest BCUT2D eigenvalue weighted by Crippen LogP contribution is -2.58. The van der Waals surface area contributed by atoms with E-state index in [1.165, 1.54) is 31.2 Å². The van der Waals surface area contributed by atoms with E-state index in [4.69, 9.17) is 11.6 Å². The highest BCUT2D eigenvalue weighted by molar-refractivity contribution is 6.31. The van der Waals surface area contributed by atoms with Crippen molar-refractivity contribution in [2.45, 2.75) is 32.1 Å². The van der Waals surface area contributed by atoms with E-state index < -0.39 is 0 Å². The van der Waals surface area contributed by atoms with Crippen molar-refractivity contribution in [2.75, 3.05) is 13.1 Å². The van der Waals surface area contributed by atoms with Crippen molar-refractivity contribution in [3.8, 4) is 0 Å². The largest absolute Gasteiger partial charge is 0.315 e. The second kappa shape index (κ2) is 4.58.